The highest BCUT2D eigenvalue weighted by molar-refractivity contribution is 6.34. The van der Waals surface area contributed by atoms with Crippen LogP contribution < -0.4 is 10.6 Å². The molecule has 1 aliphatic heterocycles. The van der Waals surface area contributed by atoms with Crippen molar-refractivity contribution in [1.29, 1.82) is 0 Å². The van der Waals surface area contributed by atoms with Gasteiger partial charge in [-0.3, -0.25) is 9.59 Å². The Hall–Kier alpha value is -4.23. The summed E-state index contributed by atoms with van der Waals surface area (Å²) in [6.07, 6.45) is 7.82. The molecule has 7 nitrogen and oxygen atoms in total. The molecule has 1 aliphatic rings. The molecule has 7 heteroatoms. The van der Waals surface area contributed by atoms with E-state index < -0.39 is 0 Å². The zero-order valence-corrected chi connectivity index (χ0v) is 18.4. The summed E-state index contributed by atoms with van der Waals surface area (Å²) in [7, 11) is 3.91. The number of nitrogens with zero attached hydrogens (tertiary/aromatic N) is 2. The first-order valence-electron chi connectivity index (χ1n) is 10.5. The van der Waals surface area contributed by atoms with Crippen LogP contribution in [0.3, 0.4) is 0 Å². The molecule has 4 aromatic rings. The number of carbonyl (C=O) groups is 2. The van der Waals surface area contributed by atoms with Crippen LogP contribution in [0.5, 0.6) is 0 Å². The number of hydrogen-bond acceptors (Lipinski definition) is 5. The van der Waals surface area contributed by atoms with Crippen molar-refractivity contribution < 1.29 is 14.0 Å². The minimum atomic E-state index is -0.142. The van der Waals surface area contributed by atoms with Gasteiger partial charge >= 0.3 is 0 Å². The Balaban J connectivity index is 0.000000243. The number of furan rings is 1. The highest BCUT2D eigenvalue weighted by atomic mass is 16.3. The predicted octanol–water partition coefficient (Wildman–Crippen LogP) is 4.39. The van der Waals surface area contributed by atoms with Crippen molar-refractivity contribution in [1.82, 2.24) is 14.9 Å². The number of hydrogen-bond donors (Lipinski definition) is 2. The molecular weight excluding hydrogens is 416 g/mol. The first kappa shape index (κ1) is 22.0. The van der Waals surface area contributed by atoms with Crippen molar-refractivity contribution >= 4 is 29.5 Å². The Labute approximate surface area is 191 Å². The molecule has 3 heterocycles. The Kier molecular flexibility index (Phi) is 6.61. The van der Waals surface area contributed by atoms with Crippen molar-refractivity contribution in [3.63, 3.8) is 0 Å². The molecule has 0 radical (unpaired) electrons. The molecule has 0 spiro atoms. The number of imidazole rings is 1. The monoisotopic (exact) mass is 440 g/mol. The number of fused-ring (bicyclic) bond motifs is 1. The molecule has 0 saturated carbocycles. The zero-order chi connectivity index (χ0) is 23.2. The maximum Gasteiger partial charge on any atom is 0.256 e. The average Bonchev–Trinajstić information content (AvgIpc) is 3.55. The quantitative estimate of drug-likeness (QED) is 0.355. The van der Waals surface area contributed by atoms with Gasteiger partial charge in [0.1, 0.15) is 12.0 Å². The fourth-order valence-electron chi connectivity index (χ4n) is 3.53. The molecule has 0 saturated heterocycles. The summed E-state index contributed by atoms with van der Waals surface area (Å²) in [5, 5.41) is 5.88. The van der Waals surface area contributed by atoms with Crippen LogP contribution in [0.4, 0.5) is 5.69 Å². The fraction of sp³-hybridized carbons (Fsp3) is 0.115. The number of anilines is 1. The third-order valence-corrected chi connectivity index (χ3v) is 5.25. The van der Waals surface area contributed by atoms with Crippen LogP contribution in [0, 0.1) is 0 Å². The van der Waals surface area contributed by atoms with E-state index >= 15 is 0 Å². The van der Waals surface area contributed by atoms with Gasteiger partial charge in [-0.05, 0) is 36.9 Å². The second kappa shape index (κ2) is 9.93. The second-order valence-electron chi connectivity index (χ2n) is 7.56. The SMILES string of the molecule is CNCc1cncn1C.O=Cc1cccc(-c2coc(/C=C3/C(=O)Nc4ccccc43)c2)c1. The van der Waals surface area contributed by atoms with E-state index in [1.807, 2.05) is 67.3 Å². The first-order valence-corrected chi connectivity index (χ1v) is 10.5. The van der Waals surface area contributed by atoms with Crippen LogP contribution in [-0.2, 0) is 18.4 Å². The predicted molar refractivity (Wildman–Crippen MR) is 128 cm³/mol. The van der Waals surface area contributed by atoms with Crippen LogP contribution in [0.25, 0.3) is 22.8 Å². The van der Waals surface area contributed by atoms with Gasteiger partial charge in [-0.1, -0.05) is 36.4 Å². The second-order valence-corrected chi connectivity index (χ2v) is 7.56. The Morgan fingerprint density at radius 2 is 1.97 bits per heavy atom. The van der Waals surface area contributed by atoms with Gasteiger partial charge in [-0.25, -0.2) is 4.98 Å². The molecule has 2 aromatic heterocycles. The summed E-state index contributed by atoms with van der Waals surface area (Å²) in [6, 6.07) is 16.7. The Morgan fingerprint density at radius 1 is 1.12 bits per heavy atom. The molecule has 0 aliphatic carbocycles. The maximum atomic E-state index is 12.1. The first-order chi connectivity index (χ1) is 16.1. The summed E-state index contributed by atoms with van der Waals surface area (Å²) < 4.78 is 7.57. The molecule has 0 atom stereocenters. The molecule has 1 amide bonds. The summed E-state index contributed by atoms with van der Waals surface area (Å²) in [6.45, 7) is 0.885. The highest BCUT2D eigenvalue weighted by Crippen LogP contribution is 2.33. The summed E-state index contributed by atoms with van der Waals surface area (Å²) >= 11 is 0. The molecule has 0 unspecified atom stereocenters. The third-order valence-electron chi connectivity index (χ3n) is 5.25. The normalized spacial score (nSPS) is 13.3. The molecular formula is C26H24N4O3. The van der Waals surface area contributed by atoms with Crippen molar-refractivity contribution in [3.8, 4) is 11.1 Å². The van der Waals surface area contributed by atoms with E-state index in [2.05, 4.69) is 15.6 Å². The van der Waals surface area contributed by atoms with Gasteiger partial charge in [-0.2, -0.15) is 0 Å². The topological polar surface area (TPSA) is 89.2 Å². The average molecular weight is 441 g/mol. The standard InChI is InChI=1S/C20H13NO3.C6H11N3/c22-11-13-4-3-5-14(8-13)15-9-16(24-12-15)10-18-17-6-1-2-7-19(17)21-20(18)23;1-7-3-6-4-8-5-9(6)2/h1-12H,(H,21,23);4-5,7H,3H2,1-2H3/b18-10+;. The lowest BCUT2D eigenvalue weighted by Gasteiger charge is -1.97. The fourth-order valence-corrected chi connectivity index (χ4v) is 3.53. The molecule has 166 valence electrons. The Bertz CT molecular complexity index is 1320. The smallest absolute Gasteiger partial charge is 0.256 e. The van der Waals surface area contributed by atoms with E-state index in [1.165, 1.54) is 5.69 Å². The number of carbonyl (C=O) groups excluding carboxylic acids is 2. The van der Waals surface area contributed by atoms with Crippen molar-refractivity contribution in [2.75, 3.05) is 12.4 Å². The lowest BCUT2D eigenvalue weighted by Crippen LogP contribution is -2.08. The lowest BCUT2D eigenvalue weighted by molar-refractivity contribution is -0.110. The van der Waals surface area contributed by atoms with E-state index in [0.29, 0.717) is 16.9 Å². The zero-order valence-electron chi connectivity index (χ0n) is 18.4. The van der Waals surface area contributed by atoms with Crippen LogP contribution in [0.2, 0.25) is 0 Å². The minimum Gasteiger partial charge on any atom is -0.464 e. The number of para-hydroxylation sites is 1. The maximum absolute atomic E-state index is 12.1. The number of benzene rings is 2. The third kappa shape index (κ3) is 4.99. The number of rotatable bonds is 5. The molecule has 2 N–H and O–H groups in total. The molecule has 5 rings (SSSR count). The number of amides is 1. The number of aromatic nitrogens is 2. The largest absolute Gasteiger partial charge is 0.464 e. The van der Waals surface area contributed by atoms with Crippen molar-refractivity contribution in [2.45, 2.75) is 6.54 Å². The van der Waals surface area contributed by atoms with E-state index in [0.717, 1.165) is 35.2 Å². The van der Waals surface area contributed by atoms with E-state index in [1.54, 1.807) is 30.8 Å². The Morgan fingerprint density at radius 3 is 2.73 bits per heavy atom. The van der Waals surface area contributed by atoms with Crippen LogP contribution in [-0.4, -0.2) is 28.8 Å². The molecule has 33 heavy (non-hydrogen) atoms. The summed E-state index contributed by atoms with van der Waals surface area (Å²) in [5.74, 6) is 0.445. The van der Waals surface area contributed by atoms with E-state index in [4.69, 9.17) is 4.42 Å². The van der Waals surface area contributed by atoms with Gasteiger partial charge in [0, 0.05) is 42.2 Å². The number of aryl methyl sites for hydroxylation is 1. The van der Waals surface area contributed by atoms with Crippen molar-refractivity contribution in [3.05, 3.63) is 96.0 Å². The summed E-state index contributed by atoms with van der Waals surface area (Å²) in [4.78, 5) is 27.0. The van der Waals surface area contributed by atoms with Gasteiger partial charge in [-0.15, -0.1) is 0 Å². The van der Waals surface area contributed by atoms with E-state index in [9.17, 15) is 9.59 Å². The number of nitrogens with one attached hydrogen (secondary N) is 2. The lowest BCUT2D eigenvalue weighted by atomic mass is 10.0. The van der Waals surface area contributed by atoms with Gasteiger partial charge in [0.15, 0.2) is 0 Å². The van der Waals surface area contributed by atoms with Gasteiger partial charge in [0.25, 0.3) is 5.91 Å². The molecule has 0 fully saturated rings. The van der Waals surface area contributed by atoms with Gasteiger partial charge < -0.3 is 19.6 Å². The van der Waals surface area contributed by atoms with Crippen molar-refractivity contribution in [2.24, 2.45) is 7.05 Å². The highest BCUT2D eigenvalue weighted by Gasteiger charge is 2.23. The molecule has 2 aromatic carbocycles. The van der Waals surface area contributed by atoms with Crippen LogP contribution >= 0.6 is 0 Å². The summed E-state index contributed by atoms with van der Waals surface area (Å²) in [5.41, 5.74) is 5.81. The number of aldehydes is 1. The van der Waals surface area contributed by atoms with Crippen LogP contribution in [0.15, 0.2) is 77.8 Å². The molecule has 0 bridgehead atoms. The van der Waals surface area contributed by atoms with E-state index in [-0.39, 0.29) is 5.91 Å². The van der Waals surface area contributed by atoms with Gasteiger partial charge in [0.05, 0.1) is 23.9 Å². The minimum absolute atomic E-state index is 0.142. The van der Waals surface area contributed by atoms with Gasteiger partial charge in [0.2, 0.25) is 0 Å². The van der Waals surface area contributed by atoms with Crippen LogP contribution in [0.1, 0.15) is 27.4 Å².